The van der Waals surface area contributed by atoms with Crippen LogP contribution in [0.4, 0.5) is 11.5 Å². The maximum absolute atomic E-state index is 12.5. The molecule has 2 heterocycles. The van der Waals surface area contributed by atoms with Crippen molar-refractivity contribution in [3.63, 3.8) is 0 Å². The lowest BCUT2D eigenvalue weighted by molar-refractivity contribution is 0.0698. The standard InChI is InChI=1S/C22H21N3O4/c1-14-3-2-4-15(11-14)21(26)23-16-5-6-19-17(12-16)18(22(27)28)13-20(24-19)25-7-9-29-10-8-25/h2-6,11-13H,7-10H2,1H3,(H,23,26)(H,27,28). The monoisotopic (exact) mass is 391 g/mol. The molecule has 0 atom stereocenters. The largest absolute Gasteiger partial charge is 0.478 e. The highest BCUT2D eigenvalue weighted by atomic mass is 16.5. The number of anilines is 2. The van der Waals surface area contributed by atoms with Crippen LogP contribution in [0.25, 0.3) is 10.9 Å². The lowest BCUT2D eigenvalue weighted by atomic mass is 10.1. The van der Waals surface area contributed by atoms with E-state index in [1.807, 2.05) is 24.0 Å². The third-order valence-electron chi connectivity index (χ3n) is 4.90. The number of fused-ring (bicyclic) bond motifs is 1. The highest BCUT2D eigenvalue weighted by molar-refractivity contribution is 6.08. The van der Waals surface area contributed by atoms with Crippen LogP contribution >= 0.6 is 0 Å². The molecule has 0 radical (unpaired) electrons. The number of carbonyl (C=O) groups is 2. The molecule has 29 heavy (non-hydrogen) atoms. The minimum atomic E-state index is -1.03. The highest BCUT2D eigenvalue weighted by Crippen LogP contribution is 2.27. The van der Waals surface area contributed by atoms with Crippen LogP contribution in [0.3, 0.4) is 0 Å². The number of benzene rings is 2. The Balaban J connectivity index is 1.68. The summed E-state index contributed by atoms with van der Waals surface area (Å²) in [6, 6.07) is 14.0. The average Bonchev–Trinajstić information content (AvgIpc) is 2.73. The van der Waals surface area contributed by atoms with Gasteiger partial charge >= 0.3 is 5.97 Å². The van der Waals surface area contributed by atoms with Crippen LogP contribution in [-0.2, 0) is 4.74 Å². The van der Waals surface area contributed by atoms with Gasteiger partial charge in [0, 0.05) is 29.7 Å². The van der Waals surface area contributed by atoms with Crippen molar-refractivity contribution in [2.24, 2.45) is 0 Å². The van der Waals surface area contributed by atoms with Crippen LogP contribution in [0.15, 0.2) is 48.5 Å². The first-order valence-corrected chi connectivity index (χ1v) is 9.40. The number of pyridine rings is 1. The molecular weight excluding hydrogens is 370 g/mol. The summed E-state index contributed by atoms with van der Waals surface area (Å²) >= 11 is 0. The van der Waals surface area contributed by atoms with Crippen molar-refractivity contribution < 1.29 is 19.4 Å². The first-order chi connectivity index (χ1) is 14.0. The quantitative estimate of drug-likeness (QED) is 0.709. The van der Waals surface area contributed by atoms with E-state index in [1.54, 1.807) is 36.4 Å². The molecule has 1 amide bonds. The third kappa shape index (κ3) is 4.05. The Morgan fingerprint density at radius 1 is 1.10 bits per heavy atom. The predicted molar refractivity (Wildman–Crippen MR) is 111 cm³/mol. The van der Waals surface area contributed by atoms with E-state index < -0.39 is 5.97 Å². The molecule has 4 rings (SSSR count). The Bertz CT molecular complexity index is 1090. The number of morpholine rings is 1. The molecule has 0 spiro atoms. The summed E-state index contributed by atoms with van der Waals surface area (Å²) < 4.78 is 5.36. The van der Waals surface area contributed by atoms with Gasteiger partial charge in [0.05, 0.1) is 24.3 Å². The Kier molecular flexibility index (Phi) is 5.14. The maximum Gasteiger partial charge on any atom is 0.336 e. The van der Waals surface area contributed by atoms with Gasteiger partial charge in [-0.05, 0) is 43.3 Å². The van der Waals surface area contributed by atoms with Gasteiger partial charge in [0.2, 0.25) is 0 Å². The molecule has 7 nitrogen and oxygen atoms in total. The van der Waals surface area contributed by atoms with Crippen molar-refractivity contribution >= 4 is 34.3 Å². The van der Waals surface area contributed by atoms with Crippen LogP contribution < -0.4 is 10.2 Å². The van der Waals surface area contributed by atoms with Crippen molar-refractivity contribution in [3.8, 4) is 0 Å². The average molecular weight is 391 g/mol. The fourth-order valence-corrected chi connectivity index (χ4v) is 3.41. The summed E-state index contributed by atoms with van der Waals surface area (Å²) in [5.41, 5.74) is 2.78. The molecule has 1 fully saturated rings. The number of nitrogens with zero attached hydrogens (tertiary/aromatic N) is 2. The number of carboxylic acid groups (broad SMARTS) is 1. The third-order valence-corrected chi connectivity index (χ3v) is 4.90. The summed E-state index contributed by atoms with van der Waals surface area (Å²) in [7, 11) is 0. The second-order valence-corrected chi connectivity index (χ2v) is 6.99. The number of aromatic nitrogens is 1. The van der Waals surface area contributed by atoms with Crippen molar-refractivity contribution in [1.82, 2.24) is 4.98 Å². The van der Waals surface area contributed by atoms with Crippen molar-refractivity contribution in [3.05, 3.63) is 65.2 Å². The van der Waals surface area contributed by atoms with Crippen LogP contribution in [0.2, 0.25) is 0 Å². The van der Waals surface area contributed by atoms with E-state index in [9.17, 15) is 14.7 Å². The molecular formula is C22H21N3O4. The fourth-order valence-electron chi connectivity index (χ4n) is 3.41. The zero-order valence-corrected chi connectivity index (χ0v) is 16.0. The molecule has 1 saturated heterocycles. The Hall–Kier alpha value is -3.45. The van der Waals surface area contributed by atoms with E-state index >= 15 is 0 Å². The van der Waals surface area contributed by atoms with Gasteiger partial charge in [-0.1, -0.05) is 17.7 Å². The highest BCUT2D eigenvalue weighted by Gasteiger charge is 2.18. The van der Waals surface area contributed by atoms with Gasteiger partial charge in [-0.25, -0.2) is 9.78 Å². The molecule has 148 valence electrons. The van der Waals surface area contributed by atoms with E-state index in [0.717, 1.165) is 5.56 Å². The van der Waals surface area contributed by atoms with Crippen molar-refractivity contribution in [2.45, 2.75) is 6.92 Å². The number of ether oxygens (including phenoxy) is 1. The van der Waals surface area contributed by atoms with Crippen molar-refractivity contribution in [1.29, 1.82) is 0 Å². The number of aryl methyl sites for hydroxylation is 1. The molecule has 3 aromatic rings. The number of carbonyl (C=O) groups excluding carboxylic acids is 1. The molecule has 2 N–H and O–H groups in total. The molecule has 7 heteroatoms. The molecule has 1 aliphatic heterocycles. The van der Waals surface area contributed by atoms with E-state index in [2.05, 4.69) is 10.3 Å². The number of nitrogens with one attached hydrogen (secondary N) is 1. The number of hydrogen-bond donors (Lipinski definition) is 2. The molecule has 0 aliphatic carbocycles. The molecule has 0 bridgehead atoms. The molecule has 1 aromatic heterocycles. The smallest absolute Gasteiger partial charge is 0.336 e. The van der Waals surface area contributed by atoms with Gasteiger partial charge in [-0.15, -0.1) is 0 Å². The SMILES string of the molecule is Cc1cccc(C(=O)Nc2ccc3nc(N4CCOCC4)cc(C(=O)O)c3c2)c1. The number of aromatic carboxylic acids is 1. The van der Waals surface area contributed by atoms with Crippen LogP contribution in [-0.4, -0.2) is 48.3 Å². The van der Waals surface area contributed by atoms with Crippen LogP contribution in [0, 0.1) is 6.92 Å². The van der Waals surface area contributed by atoms with Gasteiger partial charge in [-0.3, -0.25) is 4.79 Å². The Labute approximate surface area is 167 Å². The molecule has 1 aliphatic rings. The van der Waals surface area contributed by atoms with Crippen LogP contribution in [0.1, 0.15) is 26.3 Å². The normalized spacial score (nSPS) is 14.0. The molecule has 0 unspecified atom stereocenters. The second kappa shape index (κ2) is 7.89. The van der Waals surface area contributed by atoms with E-state index in [-0.39, 0.29) is 11.5 Å². The minimum absolute atomic E-state index is 0.156. The maximum atomic E-state index is 12.5. The van der Waals surface area contributed by atoms with Gasteiger partial charge < -0.3 is 20.1 Å². The minimum Gasteiger partial charge on any atom is -0.478 e. The lowest BCUT2D eigenvalue weighted by Crippen LogP contribution is -2.36. The second-order valence-electron chi connectivity index (χ2n) is 6.99. The van der Waals surface area contributed by atoms with Gasteiger partial charge in [-0.2, -0.15) is 0 Å². The first kappa shape index (κ1) is 18.9. The van der Waals surface area contributed by atoms with E-state index in [0.29, 0.717) is 54.3 Å². The summed E-state index contributed by atoms with van der Waals surface area (Å²) in [5.74, 6) is -0.661. The fraction of sp³-hybridized carbons (Fsp3) is 0.227. The molecule has 0 saturated carbocycles. The zero-order valence-electron chi connectivity index (χ0n) is 16.0. The van der Waals surface area contributed by atoms with E-state index in [4.69, 9.17) is 4.74 Å². The van der Waals surface area contributed by atoms with Crippen LogP contribution in [0.5, 0.6) is 0 Å². The predicted octanol–water partition coefficient (Wildman–Crippen LogP) is 3.33. The summed E-state index contributed by atoms with van der Waals surface area (Å²) in [4.78, 5) is 31.0. The summed E-state index contributed by atoms with van der Waals surface area (Å²) in [6.07, 6.45) is 0. The summed E-state index contributed by atoms with van der Waals surface area (Å²) in [6.45, 7) is 4.44. The number of rotatable bonds is 4. The molecule has 2 aromatic carbocycles. The number of amides is 1. The number of carboxylic acids is 1. The first-order valence-electron chi connectivity index (χ1n) is 9.40. The van der Waals surface area contributed by atoms with Crippen molar-refractivity contribution in [2.75, 3.05) is 36.5 Å². The van der Waals surface area contributed by atoms with Gasteiger partial charge in [0.1, 0.15) is 5.82 Å². The van der Waals surface area contributed by atoms with E-state index in [1.165, 1.54) is 0 Å². The number of hydrogen-bond acceptors (Lipinski definition) is 5. The topological polar surface area (TPSA) is 91.8 Å². The Morgan fingerprint density at radius 2 is 1.90 bits per heavy atom. The van der Waals surface area contributed by atoms with Gasteiger partial charge in [0.25, 0.3) is 5.91 Å². The summed E-state index contributed by atoms with van der Waals surface area (Å²) in [5, 5.41) is 13.0. The van der Waals surface area contributed by atoms with Gasteiger partial charge in [0.15, 0.2) is 0 Å². The lowest BCUT2D eigenvalue weighted by Gasteiger charge is -2.28. The zero-order chi connectivity index (χ0) is 20.4. The Morgan fingerprint density at radius 3 is 2.62 bits per heavy atom.